The van der Waals surface area contributed by atoms with Gasteiger partial charge < -0.3 is 10.1 Å². The van der Waals surface area contributed by atoms with E-state index in [1.54, 1.807) is 17.0 Å². The van der Waals surface area contributed by atoms with Gasteiger partial charge in [-0.05, 0) is 66.2 Å². The number of carbonyl (C=O) groups is 1. The van der Waals surface area contributed by atoms with Crippen LogP contribution in [0.15, 0.2) is 103 Å². The summed E-state index contributed by atoms with van der Waals surface area (Å²) < 4.78 is 5.91. The van der Waals surface area contributed by atoms with Crippen molar-refractivity contribution >= 4 is 28.9 Å². The quantitative estimate of drug-likeness (QED) is 0.385. The first-order valence-electron chi connectivity index (χ1n) is 9.96. The van der Waals surface area contributed by atoms with Crippen LogP contribution in [0.5, 0.6) is 11.5 Å². The van der Waals surface area contributed by atoms with Crippen LogP contribution in [-0.2, 0) is 0 Å². The van der Waals surface area contributed by atoms with Crippen LogP contribution < -0.4 is 15.0 Å². The van der Waals surface area contributed by atoms with Gasteiger partial charge in [0.25, 0.3) is 5.91 Å². The molecule has 5 rings (SSSR count). The van der Waals surface area contributed by atoms with Crippen LogP contribution in [0.1, 0.15) is 22.1 Å². The molecule has 152 valence electrons. The normalized spacial score (nSPS) is 15.2. The third-order valence-corrected chi connectivity index (χ3v) is 5.46. The Morgan fingerprint density at radius 1 is 0.742 bits per heavy atom. The maximum Gasteiger partial charge on any atom is 0.262 e. The molecule has 1 atom stereocenters. The molecule has 4 nitrogen and oxygen atoms in total. The Labute approximate surface area is 185 Å². The standard InChI is InChI=1S/C26H19ClN2O2/c27-19-12-14-20(15-13-19)29-25(28-24-9-5-4-8-23(24)26(29)30)18-10-16-22(17-11-18)31-21-6-2-1-3-7-21/h1-17,25,28H. The number of halogens is 1. The Hall–Kier alpha value is -3.76. The SMILES string of the molecule is O=C1c2ccccc2NC(c2ccc(Oc3ccccc3)cc2)N1c1ccc(Cl)cc1. The molecule has 0 bridgehead atoms. The van der Waals surface area contributed by atoms with E-state index in [0.717, 1.165) is 28.4 Å². The van der Waals surface area contributed by atoms with Crippen LogP contribution in [0, 0.1) is 0 Å². The maximum atomic E-state index is 13.4. The number of hydrogen-bond donors (Lipinski definition) is 1. The number of rotatable bonds is 4. The van der Waals surface area contributed by atoms with E-state index in [-0.39, 0.29) is 12.1 Å². The monoisotopic (exact) mass is 426 g/mol. The molecule has 1 amide bonds. The molecule has 0 radical (unpaired) electrons. The lowest BCUT2D eigenvalue weighted by Gasteiger charge is -2.38. The Balaban J connectivity index is 1.50. The average Bonchev–Trinajstić information content (AvgIpc) is 2.81. The zero-order valence-electron chi connectivity index (χ0n) is 16.5. The molecule has 0 saturated heterocycles. The number of carbonyl (C=O) groups excluding carboxylic acids is 1. The van der Waals surface area contributed by atoms with Crippen molar-refractivity contribution in [3.05, 3.63) is 119 Å². The molecule has 1 aliphatic rings. The van der Waals surface area contributed by atoms with Gasteiger partial charge in [0, 0.05) is 16.4 Å². The summed E-state index contributed by atoms with van der Waals surface area (Å²) in [4.78, 5) is 15.2. The first-order valence-corrected chi connectivity index (χ1v) is 10.3. The molecule has 1 N–H and O–H groups in total. The summed E-state index contributed by atoms with van der Waals surface area (Å²) in [5, 5.41) is 4.13. The zero-order chi connectivity index (χ0) is 21.2. The molecule has 1 unspecified atom stereocenters. The fraction of sp³-hybridized carbons (Fsp3) is 0.0385. The smallest absolute Gasteiger partial charge is 0.262 e. The second-order valence-electron chi connectivity index (χ2n) is 7.23. The van der Waals surface area contributed by atoms with Gasteiger partial charge in [0.2, 0.25) is 0 Å². The fourth-order valence-electron chi connectivity index (χ4n) is 3.70. The van der Waals surface area contributed by atoms with Gasteiger partial charge in [-0.25, -0.2) is 0 Å². The molecule has 0 aliphatic carbocycles. The highest BCUT2D eigenvalue weighted by Crippen LogP contribution is 2.37. The van der Waals surface area contributed by atoms with E-state index in [9.17, 15) is 4.79 Å². The number of hydrogen-bond acceptors (Lipinski definition) is 3. The summed E-state index contributed by atoms with van der Waals surface area (Å²) in [6, 6.07) is 32.2. The second kappa shape index (κ2) is 8.17. The van der Waals surface area contributed by atoms with Crippen molar-refractivity contribution in [2.75, 3.05) is 10.2 Å². The van der Waals surface area contributed by atoms with E-state index in [2.05, 4.69) is 5.32 Å². The molecule has 31 heavy (non-hydrogen) atoms. The lowest BCUT2D eigenvalue weighted by molar-refractivity contribution is 0.0975. The Morgan fingerprint density at radius 2 is 1.39 bits per heavy atom. The number of para-hydroxylation sites is 2. The van der Waals surface area contributed by atoms with E-state index in [1.807, 2.05) is 91.0 Å². The number of fused-ring (bicyclic) bond motifs is 1. The van der Waals surface area contributed by atoms with E-state index in [1.165, 1.54) is 0 Å². The van der Waals surface area contributed by atoms with Crippen LogP contribution in [0.2, 0.25) is 5.02 Å². The molecule has 0 spiro atoms. The number of nitrogens with zero attached hydrogens (tertiary/aromatic N) is 1. The van der Waals surface area contributed by atoms with Gasteiger partial charge in [-0.15, -0.1) is 0 Å². The molecule has 0 saturated carbocycles. The summed E-state index contributed by atoms with van der Waals surface area (Å²) in [5.41, 5.74) is 3.16. The van der Waals surface area contributed by atoms with E-state index < -0.39 is 0 Å². The minimum Gasteiger partial charge on any atom is -0.457 e. The highest BCUT2D eigenvalue weighted by Gasteiger charge is 2.33. The van der Waals surface area contributed by atoms with Crippen molar-refractivity contribution in [1.82, 2.24) is 0 Å². The highest BCUT2D eigenvalue weighted by molar-refractivity contribution is 6.30. The Bertz CT molecular complexity index is 1210. The summed E-state index contributed by atoms with van der Waals surface area (Å²) >= 11 is 6.07. The third kappa shape index (κ3) is 3.86. The highest BCUT2D eigenvalue weighted by atomic mass is 35.5. The number of anilines is 2. The zero-order valence-corrected chi connectivity index (χ0v) is 17.3. The van der Waals surface area contributed by atoms with Gasteiger partial charge in [-0.3, -0.25) is 9.69 Å². The largest absolute Gasteiger partial charge is 0.457 e. The molecule has 1 aliphatic heterocycles. The first kappa shape index (κ1) is 19.2. The van der Waals surface area contributed by atoms with E-state index in [0.29, 0.717) is 10.6 Å². The summed E-state index contributed by atoms with van der Waals surface area (Å²) in [6.07, 6.45) is -0.366. The first-order chi connectivity index (χ1) is 15.2. The minimum absolute atomic E-state index is 0.0636. The van der Waals surface area contributed by atoms with E-state index >= 15 is 0 Å². The van der Waals surface area contributed by atoms with Gasteiger partial charge in [0.15, 0.2) is 0 Å². The van der Waals surface area contributed by atoms with Gasteiger partial charge in [0.1, 0.15) is 17.7 Å². The molecule has 0 fully saturated rings. The minimum atomic E-state index is -0.366. The predicted molar refractivity (Wildman–Crippen MR) is 124 cm³/mol. The lowest BCUT2D eigenvalue weighted by atomic mass is 10.0. The molecule has 4 aromatic rings. The van der Waals surface area contributed by atoms with Crippen LogP contribution in [-0.4, -0.2) is 5.91 Å². The Morgan fingerprint density at radius 3 is 2.13 bits per heavy atom. The lowest BCUT2D eigenvalue weighted by Crippen LogP contribution is -2.43. The summed E-state index contributed by atoms with van der Waals surface area (Å²) in [6.45, 7) is 0. The topological polar surface area (TPSA) is 41.6 Å². The van der Waals surface area contributed by atoms with Crippen molar-refractivity contribution in [2.24, 2.45) is 0 Å². The van der Waals surface area contributed by atoms with Crippen molar-refractivity contribution in [3.63, 3.8) is 0 Å². The van der Waals surface area contributed by atoms with Crippen LogP contribution in [0.4, 0.5) is 11.4 Å². The summed E-state index contributed by atoms with van der Waals surface area (Å²) in [7, 11) is 0. The molecule has 1 heterocycles. The summed E-state index contributed by atoms with van der Waals surface area (Å²) in [5.74, 6) is 1.44. The molecule has 5 heteroatoms. The number of ether oxygens (including phenoxy) is 1. The van der Waals surface area contributed by atoms with Crippen molar-refractivity contribution in [1.29, 1.82) is 0 Å². The fourth-order valence-corrected chi connectivity index (χ4v) is 3.82. The third-order valence-electron chi connectivity index (χ3n) is 5.21. The molecular weight excluding hydrogens is 408 g/mol. The second-order valence-corrected chi connectivity index (χ2v) is 7.66. The molecule has 4 aromatic carbocycles. The van der Waals surface area contributed by atoms with Gasteiger partial charge in [-0.1, -0.05) is 54.1 Å². The molecular formula is C26H19ClN2O2. The van der Waals surface area contributed by atoms with Gasteiger partial charge >= 0.3 is 0 Å². The number of benzene rings is 4. The number of amides is 1. The maximum absolute atomic E-state index is 13.4. The van der Waals surface area contributed by atoms with Crippen molar-refractivity contribution < 1.29 is 9.53 Å². The van der Waals surface area contributed by atoms with Crippen LogP contribution in [0.3, 0.4) is 0 Å². The number of nitrogens with one attached hydrogen (secondary N) is 1. The van der Waals surface area contributed by atoms with Gasteiger partial charge in [-0.2, -0.15) is 0 Å². The average molecular weight is 427 g/mol. The van der Waals surface area contributed by atoms with E-state index in [4.69, 9.17) is 16.3 Å². The van der Waals surface area contributed by atoms with Gasteiger partial charge in [0.05, 0.1) is 5.56 Å². The van der Waals surface area contributed by atoms with Crippen LogP contribution >= 0.6 is 11.6 Å². The Kier molecular flexibility index (Phi) is 5.06. The predicted octanol–water partition coefficient (Wildman–Crippen LogP) is 6.90. The van der Waals surface area contributed by atoms with Crippen LogP contribution in [0.25, 0.3) is 0 Å². The van der Waals surface area contributed by atoms with Crippen molar-refractivity contribution in [3.8, 4) is 11.5 Å². The van der Waals surface area contributed by atoms with Crippen molar-refractivity contribution in [2.45, 2.75) is 6.17 Å². The molecule has 0 aromatic heterocycles.